The fourth-order valence-electron chi connectivity index (χ4n) is 8.26. The third-order valence-electron chi connectivity index (χ3n) is 11.3. The zero-order valence-electron chi connectivity index (χ0n) is 32.1. The molecule has 0 atom stereocenters. The van der Waals surface area contributed by atoms with Gasteiger partial charge < -0.3 is 4.42 Å². The van der Waals surface area contributed by atoms with Crippen molar-refractivity contribution in [3.8, 4) is 78.4 Å². The minimum absolute atomic E-state index is 0.683. The van der Waals surface area contributed by atoms with Crippen LogP contribution in [0, 0.1) is 0 Å². The average molecular weight is 753 g/mol. The summed E-state index contributed by atoms with van der Waals surface area (Å²) in [6.45, 7) is 0. The van der Waals surface area contributed by atoms with E-state index in [9.17, 15) is 0 Å². The van der Waals surface area contributed by atoms with Crippen LogP contribution >= 0.6 is 0 Å². The van der Waals surface area contributed by atoms with Crippen LogP contribution in [0.5, 0.6) is 0 Å². The Morgan fingerprint density at radius 2 is 0.780 bits per heavy atom. The maximum absolute atomic E-state index is 6.23. The van der Waals surface area contributed by atoms with Gasteiger partial charge in [0.1, 0.15) is 11.2 Å². The minimum atomic E-state index is 0.683. The molecule has 0 amide bonds. The zero-order chi connectivity index (χ0) is 39.1. The van der Waals surface area contributed by atoms with Gasteiger partial charge in [-0.1, -0.05) is 176 Å². The van der Waals surface area contributed by atoms with Gasteiger partial charge in [0, 0.05) is 27.5 Å². The molecule has 0 N–H and O–H groups in total. The standard InChI is InChI=1S/C56H36N2O/c1-3-12-37(13-4-1)38-24-28-42(29-25-38)52-36-53(58-56(57-52)43-15-5-2-6-16-43)47-33-45(39-22-26-41(27-23-39)49-20-11-17-40-14-7-8-18-48(40)49)32-46(34-47)44-30-31-55-51(35-44)50-19-9-10-21-54(50)59-55/h1-36H. The molecule has 0 unspecified atom stereocenters. The lowest BCUT2D eigenvalue weighted by molar-refractivity contribution is 0.669. The number of aromatic nitrogens is 2. The number of nitrogens with zero attached hydrogens (tertiary/aromatic N) is 2. The number of furan rings is 1. The minimum Gasteiger partial charge on any atom is -0.456 e. The molecule has 0 saturated carbocycles. The van der Waals surface area contributed by atoms with Crippen LogP contribution < -0.4 is 0 Å². The van der Waals surface area contributed by atoms with Crippen molar-refractivity contribution in [1.29, 1.82) is 0 Å². The van der Waals surface area contributed by atoms with E-state index in [1.807, 2.05) is 36.4 Å². The molecule has 2 heterocycles. The molecule has 0 spiro atoms. The highest BCUT2D eigenvalue weighted by atomic mass is 16.3. The second-order valence-electron chi connectivity index (χ2n) is 15.0. The van der Waals surface area contributed by atoms with Gasteiger partial charge in [0.15, 0.2) is 5.82 Å². The van der Waals surface area contributed by atoms with Gasteiger partial charge in [0.05, 0.1) is 11.4 Å². The molecule has 0 radical (unpaired) electrons. The van der Waals surface area contributed by atoms with E-state index in [2.05, 4.69) is 182 Å². The Hall–Kier alpha value is -7.88. The Morgan fingerprint density at radius 3 is 1.54 bits per heavy atom. The second-order valence-corrected chi connectivity index (χ2v) is 15.0. The molecular formula is C56H36N2O. The lowest BCUT2D eigenvalue weighted by Crippen LogP contribution is -1.96. The first-order chi connectivity index (χ1) is 29.2. The van der Waals surface area contributed by atoms with Crippen LogP contribution in [0.3, 0.4) is 0 Å². The van der Waals surface area contributed by atoms with Crippen LogP contribution in [0.1, 0.15) is 0 Å². The number of hydrogen-bond donors (Lipinski definition) is 0. The van der Waals surface area contributed by atoms with Gasteiger partial charge in [-0.3, -0.25) is 0 Å². The number of benzene rings is 9. The summed E-state index contributed by atoms with van der Waals surface area (Å²) in [7, 11) is 0. The molecule has 11 aromatic rings. The van der Waals surface area contributed by atoms with E-state index in [0.717, 1.165) is 77.8 Å². The molecule has 59 heavy (non-hydrogen) atoms. The molecule has 0 bridgehead atoms. The Labute approximate surface area is 342 Å². The van der Waals surface area contributed by atoms with Gasteiger partial charge >= 0.3 is 0 Å². The fraction of sp³-hybridized carbons (Fsp3) is 0. The van der Waals surface area contributed by atoms with E-state index in [4.69, 9.17) is 14.4 Å². The predicted octanol–water partition coefficient (Wildman–Crippen LogP) is 15.2. The maximum Gasteiger partial charge on any atom is 0.160 e. The molecule has 3 heteroatoms. The molecule has 3 nitrogen and oxygen atoms in total. The van der Waals surface area contributed by atoms with Gasteiger partial charge in [-0.25, -0.2) is 9.97 Å². The van der Waals surface area contributed by atoms with Crippen LogP contribution in [-0.4, -0.2) is 9.97 Å². The molecule has 0 aliphatic carbocycles. The third-order valence-corrected chi connectivity index (χ3v) is 11.3. The Kier molecular flexibility index (Phi) is 8.49. The second kappa shape index (κ2) is 14.6. The summed E-state index contributed by atoms with van der Waals surface area (Å²) in [6.07, 6.45) is 0. The highest BCUT2D eigenvalue weighted by molar-refractivity contribution is 6.06. The molecule has 276 valence electrons. The van der Waals surface area contributed by atoms with Crippen LogP contribution in [-0.2, 0) is 0 Å². The van der Waals surface area contributed by atoms with Crippen molar-refractivity contribution < 1.29 is 4.42 Å². The highest BCUT2D eigenvalue weighted by Gasteiger charge is 2.16. The van der Waals surface area contributed by atoms with E-state index < -0.39 is 0 Å². The Bertz CT molecular complexity index is 3290. The van der Waals surface area contributed by atoms with Gasteiger partial charge in [0.25, 0.3) is 0 Å². The first-order valence-corrected chi connectivity index (χ1v) is 20.0. The summed E-state index contributed by atoms with van der Waals surface area (Å²) in [5.41, 5.74) is 15.7. The maximum atomic E-state index is 6.23. The third kappa shape index (κ3) is 6.55. The van der Waals surface area contributed by atoms with E-state index in [1.165, 1.54) is 27.5 Å². The summed E-state index contributed by atoms with van der Waals surface area (Å²) in [5.74, 6) is 0.683. The van der Waals surface area contributed by atoms with Crippen molar-refractivity contribution in [2.75, 3.05) is 0 Å². The summed E-state index contributed by atoms with van der Waals surface area (Å²) in [5, 5.41) is 4.69. The summed E-state index contributed by atoms with van der Waals surface area (Å²) < 4.78 is 6.23. The van der Waals surface area contributed by atoms with E-state index in [-0.39, 0.29) is 0 Å². The molecule has 0 fully saturated rings. The summed E-state index contributed by atoms with van der Waals surface area (Å²) >= 11 is 0. The molecular weight excluding hydrogens is 717 g/mol. The van der Waals surface area contributed by atoms with Crippen LogP contribution in [0.2, 0.25) is 0 Å². The van der Waals surface area contributed by atoms with Crippen molar-refractivity contribution in [1.82, 2.24) is 9.97 Å². The molecule has 9 aromatic carbocycles. The topological polar surface area (TPSA) is 38.9 Å². The van der Waals surface area contributed by atoms with Crippen molar-refractivity contribution in [2.24, 2.45) is 0 Å². The number of hydrogen-bond acceptors (Lipinski definition) is 3. The quantitative estimate of drug-likeness (QED) is 0.163. The number of rotatable bonds is 7. The van der Waals surface area contributed by atoms with E-state index in [0.29, 0.717) is 5.82 Å². The van der Waals surface area contributed by atoms with Crippen molar-refractivity contribution >= 4 is 32.7 Å². The smallest absolute Gasteiger partial charge is 0.160 e. The van der Waals surface area contributed by atoms with Gasteiger partial charge in [-0.2, -0.15) is 0 Å². The molecule has 11 rings (SSSR count). The van der Waals surface area contributed by atoms with E-state index in [1.54, 1.807) is 0 Å². The normalized spacial score (nSPS) is 11.4. The Balaban J connectivity index is 1.08. The van der Waals surface area contributed by atoms with Crippen molar-refractivity contribution in [3.05, 3.63) is 218 Å². The molecule has 0 aliphatic heterocycles. The fourth-order valence-corrected chi connectivity index (χ4v) is 8.26. The van der Waals surface area contributed by atoms with Crippen molar-refractivity contribution in [3.63, 3.8) is 0 Å². The first kappa shape index (κ1) is 34.4. The monoisotopic (exact) mass is 752 g/mol. The van der Waals surface area contributed by atoms with Gasteiger partial charge in [-0.05, 0) is 97.7 Å². The van der Waals surface area contributed by atoms with Crippen LogP contribution in [0.15, 0.2) is 223 Å². The van der Waals surface area contributed by atoms with Gasteiger partial charge in [0.2, 0.25) is 0 Å². The largest absolute Gasteiger partial charge is 0.456 e. The SMILES string of the molecule is c1ccc(-c2ccc(-c3cc(-c4cc(-c5ccc(-c6cccc7ccccc67)cc5)cc(-c5ccc6oc7ccccc7c6c5)c4)nc(-c4ccccc4)n3)cc2)cc1. The highest BCUT2D eigenvalue weighted by Crippen LogP contribution is 2.38. The summed E-state index contributed by atoms with van der Waals surface area (Å²) in [4.78, 5) is 10.4. The number of para-hydroxylation sites is 1. The lowest BCUT2D eigenvalue weighted by Gasteiger charge is -2.14. The first-order valence-electron chi connectivity index (χ1n) is 20.0. The average Bonchev–Trinajstić information content (AvgIpc) is 3.70. The molecule has 2 aromatic heterocycles. The Morgan fingerprint density at radius 1 is 0.271 bits per heavy atom. The van der Waals surface area contributed by atoms with Crippen LogP contribution in [0.4, 0.5) is 0 Å². The number of fused-ring (bicyclic) bond motifs is 4. The van der Waals surface area contributed by atoms with Crippen LogP contribution in [0.25, 0.3) is 111 Å². The predicted molar refractivity (Wildman–Crippen MR) is 245 cm³/mol. The lowest BCUT2D eigenvalue weighted by atomic mass is 9.92. The summed E-state index contributed by atoms with van der Waals surface area (Å²) in [6, 6.07) is 77.1. The molecule has 0 aliphatic rings. The van der Waals surface area contributed by atoms with E-state index >= 15 is 0 Å². The zero-order valence-corrected chi connectivity index (χ0v) is 32.1. The van der Waals surface area contributed by atoms with Crippen molar-refractivity contribution in [2.45, 2.75) is 0 Å². The van der Waals surface area contributed by atoms with Gasteiger partial charge in [-0.15, -0.1) is 0 Å². The molecule has 0 saturated heterocycles.